The first-order valence-electron chi connectivity index (χ1n) is 8.31. The Hall–Kier alpha value is -2.57. The van der Waals surface area contributed by atoms with Gasteiger partial charge in [0.15, 0.2) is 5.17 Å². The van der Waals surface area contributed by atoms with E-state index in [4.69, 9.17) is 11.6 Å². The Morgan fingerprint density at radius 1 is 1.22 bits per heavy atom. The van der Waals surface area contributed by atoms with Crippen molar-refractivity contribution in [1.82, 2.24) is 0 Å². The number of amides is 1. The van der Waals surface area contributed by atoms with Crippen LogP contribution in [0.5, 0.6) is 0 Å². The Labute approximate surface area is 164 Å². The molecule has 27 heavy (non-hydrogen) atoms. The third kappa shape index (κ3) is 3.63. The molecule has 1 heterocycles. The van der Waals surface area contributed by atoms with Crippen LogP contribution in [-0.2, 0) is 4.79 Å². The summed E-state index contributed by atoms with van der Waals surface area (Å²) >= 11 is 7.29. The maximum absolute atomic E-state index is 13.1. The lowest BCUT2D eigenvalue weighted by molar-refractivity contribution is -0.115. The molecule has 0 bridgehead atoms. The first-order valence-corrected chi connectivity index (χ1v) is 9.57. The molecular formula is C20H15ClFN3OS. The molecule has 1 amide bonds. The normalized spacial score (nSPS) is 13.7. The summed E-state index contributed by atoms with van der Waals surface area (Å²) < 4.78 is 13.1. The summed E-state index contributed by atoms with van der Waals surface area (Å²) in [7, 11) is 0. The average Bonchev–Trinajstić information content (AvgIpc) is 2.64. The lowest BCUT2D eigenvalue weighted by atomic mass is 10.1. The molecule has 3 aromatic rings. The number of hydrogen-bond acceptors (Lipinski definition) is 4. The van der Waals surface area contributed by atoms with Gasteiger partial charge in [-0.25, -0.2) is 9.38 Å². The van der Waals surface area contributed by atoms with Crippen molar-refractivity contribution in [2.45, 2.75) is 12.2 Å². The summed E-state index contributed by atoms with van der Waals surface area (Å²) in [4.78, 5) is 17.1. The van der Waals surface area contributed by atoms with Crippen LogP contribution in [0.4, 0.5) is 21.5 Å². The number of carbonyl (C=O) groups is 1. The SMILES string of the molecule is C[C@@H](SC1=Nc2cccc3cccc(c23)N1)C(=O)Nc1ccc(F)cc1Cl. The number of carbonyl (C=O) groups excluding carboxylic acids is 1. The van der Waals surface area contributed by atoms with Gasteiger partial charge in [-0.3, -0.25) is 4.79 Å². The summed E-state index contributed by atoms with van der Waals surface area (Å²) in [6, 6.07) is 15.8. The number of thioether (sulfide) groups is 1. The third-order valence-corrected chi connectivity index (χ3v) is 5.49. The molecule has 4 rings (SSSR count). The van der Waals surface area contributed by atoms with Crippen LogP contribution in [0.15, 0.2) is 59.6 Å². The van der Waals surface area contributed by atoms with Crippen LogP contribution in [0.2, 0.25) is 5.02 Å². The van der Waals surface area contributed by atoms with E-state index in [1.807, 2.05) is 36.4 Å². The number of anilines is 2. The number of hydrogen-bond donors (Lipinski definition) is 2. The maximum atomic E-state index is 13.1. The van der Waals surface area contributed by atoms with Gasteiger partial charge in [0.2, 0.25) is 5.91 Å². The Morgan fingerprint density at radius 2 is 2.00 bits per heavy atom. The standard InChI is InChI=1S/C20H15ClFN3OS/c1-11(19(26)23-15-9-8-13(22)10-14(15)21)27-20-24-16-6-2-4-12-5-3-7-17(25-20)18(12)16/h2-11H,1H3,(H,23,26)(H,24,25)/t11-/m1/s1. The molecule has 0 spiro atoms. The fourth-order valence-corrected chi connectivity index (χ4v) is 3.91. The van der Waals surface area contributed by atoms with Crippen molar-refractivity contribution < 1.29 is 9.18 Å². The molecule has 1 aliphatic rings. The number of halogens is 2. The van der Waals surface area contributed by atoms with Crippen molar-refractivity contribution in [2.75, 3.05) is 10.6 Å². The number of nitrogens with one attached hydrogen (secondary N) is 2. The second kappa shape index (κ2) is 7.21. The van der Waals surface area contributed by atoms with Crippen molar-refractivity contribution in [2.24, 2.45) is 4.99 Å². The molecule has 7 heteroatoms. The minimum atomic E-state index is -0.450. The molecule has 136 valence electrons. The van der Waals surface area contributed by atoms with Crippen LogP contribution in [0.25, 0.3) is 10.8 Å². The van der Waals surface area contributed by atoms with Gasteiger partial charge in [0.05, 0.1) is 27.3 Å². The van der Waals surface area contributed by atoms with E-state index in [9.17, 15) is 9.18 Å². The lowest BCUT2D eigenvalue weighted by Gasteiger charge is -2.20. The molecule has 1 atom stereocenters. The van der Waals surface area contributed by atoms with E-state index in [0.29, 0.717) is 10.9 Å². The number of rotatable bonds is 3. The van der Waals surface area contributed by atoms with Gasteiger partial charge in [-0.15, -0.1) is 0 Å². The summed E-state index contributed by atoms with van der Waals surface area (Å²) in [6.45, 7) is 1.78. The van der Waals surface area contributed by atoms with Gasteiger partial charge in [-0.1, -0.05) is 47.6 Å². The van der Waals surface area contributed by atoms with E-state index in [1.165, 1.54) is 30.0 Å². The first kappa shape index (κ1) is 17.8. The van der Waals surface area contributed by atoms with Crippen molar-refractivity contribution in [3.8, 4) is 0 Å². The Morgan fingerprint density at radius 3 is 2.78 bits per heavy atom. The number of benzene rings is 3. The Kier molecular flexibility index (Phi) is 4.76. The van der Waals surface area contributed by atoms with Crippen molar-refractivity contribution >= 4 is 62.3 Å². The largest absolute Gasteiger partial charge is 0.334 e. The molecule has 1 aliphatic heterocycles. The molecule has 0 unspecified atom stereocenters. The summed E-state index contributed by atoms with van der Waals surface area (Å²) in [6.07, 6.45) is 0. The Bertz CT molecular complexity index is 1080. The fourth-order valence-electron chi connectivity index (χ4n) is 2.87. The van der Waals surface area contributed by atoms with Crippen LogP contribution < -0.4 is 10.6 Å². The minimum absolute atomic E-state index is 0.161. The minimum Gasteiger partial charge on any atom is -0.334 e. The van der Waals surface area contributed by atoms with Gasteiger partial charge in [0.25, 0.3) is 0 Å². The molecule has 2 N–H and O–H groups in total. The van der Waals surface area contributed by atoms with Crippen molar-refractivity contribution in [3.63, 3.8) is 0 Å². The van der Waals surface area contributed by atoms with Crippen LogP contribution in [0.1, 0.15) is 6.92 Å². The zero-order valence-electron chi connectivity index (χ0n) is 14.3. The van der Waals surface area contributed by atoms with Gasteiger partial charge >= 0.3 is 0 Å². The summed E-state index contributed by atoms with van der Waals surface area (Å²) in [5.41, 5.74) is 2.22. The van der Waals surface area contributed by atoms with Crippen LogP contribution in [-0.4, -0.2) is 16.3 Å². The van der Waals surface area contributed by atoms with E-state index in [0.717, 1.165) is 22.1 Å². The number of amidine groups is 1. The van der Waals surface area contributed by atoms with Gasteiger partial charge in [0.1, 0.15) is 5.82 Å². The van der Waals surface area contributed by atoms with Crippen LogP contribution in [0.3, 0.4) is 0 Å². The highest BCUT2D eigenvalue weighted by molar-refractivity contribution is 8.15. The van der Waals surface area contributed by atoms with Crippen LogP contribution >= 0.6 is 23.4 Å². The van der Waals surface area contributed by atoms with E-state index >= 15 is 0 Å². The summed E-state index contributed by atoms with van der Waals surface area (Å²) in [5, 5.41) is 8.57. The molecular weight excluding hydrogens is 385 g/mol. The summed E-state index contributed by atoms with van der Waals surface area (Å²) in [5.74, 6) is -0.691. The van der Waals surface area contributed by atoms with E-state index in [2.05, 4.69) is 15.6 Å². The highest BCUT2D eigenvalue weighted by Crippen LogP contribution is 2.37. The highest BCUT2D eigenvalue weighted by Gasteiger charge is 2.21. The first-order chi connectivity index (χ1) is 13.0. The molecule has 0 fully saturated rings. The van der Waals surface area contributed by atoms with Gasteiger partial charge < -0.3 is 10.6 Å². The molecule has 0 aromatic heterocycles. The predicted molar refractivity (Wildman–Crippen MR) is 112 cm³/mol. The van der Waals surface area contributed by atoms with Gasteiger partial charge in [0, 0.05) is 5.39 Å². The Balaban J connectivity index is 1.51. The maximum Gasteiger partial charge on any atom is 0.237 e. The zero-order valence-corrected chi connectivity index (χ0v) is 15.9. The lowest BCUT2D eigenvalue weighted by Crippen LogP contribution is -2.26. The van der Waals surface area contributed by atoms with E-state index < -0.39 is 11.1 Å². The second-order valence-corrected chi connectivity index (χ2v) is 7.83. The van der Waals surface area contributed by atoms with Gasteiger partial charge in [-0.05, 0) is 42.6 Å². The highest BCUT2D eigenvalue weighted by atomic mass is 35.5. The van der Waals surface area contributed by atoms with Gasteiger partial charge in [-0.2, -0.15) is 0 Å². The quantitative estimate of drug-likeness (QED) is 0.584. The smallest absolute Gasteiger partial charge is 0.237 e. The monoisotopic (exact) mass is 399 g/mol. The third-order valence-electron chi connectivity index (χ3n) is 4.19. The number of aliphatic imine (C=N–C) groups is 1. The van der Waals surface area contributed by atoms with E-state index in [1.54, 1.807) is 6.92 Å². The number of nitrogens with zero attached hydrogens (tertiary/aromatic N) is 1. The van der Waals surface area contributed by atoms with Crippen LogP contribution in [0, 0.1) is 5.82 Å². The molecule has 0 aliphatic carbocycles. The second-order valence-electron chi connectivity index (χ2n) is 6.10. The average molecular weight is 400 g/mol. The fraction of sp³-hybridized carbons (Fsp3) is 0.100. The molecule has 0 radical (unpaired) electrons. The molecule has 0 saturated heterocycles. The van der Waals surface area contributed by atoms with Crippen molar-refractivity contribution in [1.29, 1.82) is 0 Å². The predicted octanol–water partition coefficient (Wildman–Crippen LogP) is 5.81. The topological polar surface area (TPSA) is 53.5 Å². The molecule has 3 aromatic carbocycles. The molecule has 0 saturated carbocycles. The molecule has 4 nitrogen and oxygen atoms in total. The van der Waals surface area contributed by atoms with Crippen molar-refractivity contribution in [3.05, 3.63) is 65.4 Å². The van der Waals surface area contributed by atoms with E-state index in [-0.39, 0.29) is 10.9 Å². The zero-order chi connectivity index (χ0) is 19.0.